The number of ether oxygens (including phenoxy) is 2. The Bertz CT molecular complexity index is 563. The average molecular weight is 289 g/mol. The molecule has 1 aromatic carbocycles. The van der Waals surface area contributed by atoms with Crippen LogP contribution in [0, 0.1) is 6.92 Å². The van der Waals surface area contributed by atoms with Gasteiger partial charge in [0, 0.05) is 31.6 Å². The van der Waals surface area contributed by atoms with Crippen molar-refractivity contribution in [1.29, 1.82) is 0 Å². The second-order valence-corrected chi connectivity index (χ2v) is 5.08. The van der Waals surface area contributed by atoms with Crippen LogP contribution >= 0.6 is 0 Å². The summed E-state index contributed by atoms with van der Waals surface area (Å²) in [7, 11) is 3.60. The molecule has 0 aliphatic rings. The van der Waals surface area contributed by atoms with Crippen molar-refractivity contribution in [1.82, 2.24) is 9.78 Å². The Labute approximate surface area is 125 Å². The van der Waals surface area contributed by atoms with Gasteiger partial charge in [0.25, 0.3) is 0 Å². The van der Waals surface area contributed by atoms with Crippen molar-refractivity contribution in [2.24, 2.45) is 7.05 Å². The molecule has 5 nitrogen and oxygen atoms in total. The molecule has 0 spiro atoms. The standard InChI is InChI=1S/C16H23N3O2/c1-12(16-11-19(3)18-13(16)2)17-14-5-7-15(8-6-14)21-10-9-20-4/h5-8,11-12,17H,9-10H2,1-4H3. The fourth-order valence-electron chi connectivity index (χ4n) is 2.26. The van der Waals surface area contributed by atoms with Gasteiger partial charge in [-0.15, -0.1) is 0 Å². The SMILES string of the molecule is COCCOc1ccc(NC(C)c2cn(C)nc2C)cc1. The largest absolute Gasteiger partial charge is 0.491 e. The first-order chi connectivity index (χ1) is 10.1. The average Bonchev–Trinajstić information content (AvgIpc) is 2.80. The van der Waals surface area contributed by atoms with Gasteiger partial charge < -0.3 is 14.8 Å². The van der Waals surface area contributed by atoms with Gasteiger partial charge >= 0.3 is 0 Å². The van der Waals surface area contributed by atoms with E-state index in [4.69, 9.17) is 9.47 Å². The zero-order valence-electron chi connectivity index (χ0n) is 13.1. The summed E-state index contributed by atoms with van der Waals surface area (Å²) < 4.78 is 12.3. The summed E-state index contributed by atoms with van der Waals surface area (Å²) in [5.41, 5.74) is 3.32. The summed E-state index contributed by atoms with van der Waals surface area (Å²) in [5.74, 6) is 0.850. The van der Waals surface area contributed by atoms with Crippen LogP contribution in [0.25, 0.3) is 0 Å². The van der Waals surface area contributed by atoms with E-state index in [9.17, 15) is 0 Å². The fourth-order valence-corrected chi connectivity index (χ4v) is 2.26. The number of nitrogens with zero attached hydrogens (tertiary/aromatic N) is 2. The van der Waals surface area contributed by atoms with Crippen LogP contribution in [0.3, 0.4) is 0 Å². The number of hydrogen-bond acceptors (Lipinski definition) is 4. The third kappa shape index (κ3) is 4.23. The molecule has 0 fully saturated rings. The summed E-state index contributed by atoms with van der Waals surface area (Å²) >= 11 is 0. The molecule has 1 atom stereocenters. The van der Waals surface area contributed by atoms with Crippen molar-refractivity contribution < 1.29 is 9.47 Å². The van der Waals surface area contributed by atoms with Gasteiger partial charge in [-0.2, -0.15) is 5.10 Å². The highest BCUT2D eigenvalue weighted by molar-refractivity contribution is 5.48. The van der Waals surface area contributed by atoms with Gasteiger partial charge in [0.2, 0.25) is 0 Å². The molecular weight excluding hydrogens is 266 g/mol. The third-order valence-corrected chi connectivity index (χ3v) is 3.31. The van der Waals surface area contributed by atoms with Gasteiger partial charge in [0.05, 0.1) is 18.3 Å². The minimum absolute atomic E-state index is 0.207. The Kier molecular flexibility index (Phi) is 5.22. The highest BCUT2D eigenvalue weighted by Crippen LogP contribution is 2.23. The lowest BCUT2D eigenvalue weighted by molar-refractivity contribution is 0.146. The van der Waals surface area contributed by atoms with E-state index in [0.717, 1.165) is 17.1 Å². The maximum Gasteiger partial charge on any atom is 0.119 e. The van der Waals surface area contributed by atoms with Crippen molar-refractivity contribution in [3.05, 3.63) is 41.7 Å². The maximum atomic E-state index is 5.55. The first-order valence-electron chi connectivity index (χ1n) is 7.08. The van der Waals surface area contributed by atoms with Gasteiger partial charge in [-0.1, -0.05) is 0 Å². The Hall–Kier alpha value is -2.01. The third-order valence-electron chi connectivity index (χ3n) is 3.31. The van der Waals surface area contributed by atoms with E-state index in [-0.39, 0.29) is 6.04 Å². The first-order valence-corrected chi connectivity index (χ1v) is 7.08. The molecule has 1 heterocycles. The van der Waals surface area contributed by atoms with Gasteiger partial charge in [0.15, 0.2) is 0 Å². The summed E-state index contributed by atoms with van der Waals surface area (Å²) in [5, 5.41) is 7.85. The number of benzene rings is 1. The quantitative estimate of drug-likeness (QED) is 0.796. The molecule has 0 saturated heterocycles. The second kappa shape index (κ2) is 7.13. The minimum atomic E-state index is 0.207. The predicted octanol–water partition coefficient (Wildman–Crippen LogP) is 2.93. The van der Waals surface area contributed by atoms with Gasteiger partial charge in [-0.05, 0) is 38.1 Å². The number of methoxy groups -OCH3 is 1. The molecule has 21 heavy (non-hydrogen) atoms. The van der Waals surface area contributed by atoms with E-state index in [1.54, 1.807) is 7.11 Å². The molecule has 0 aliphatic carbocycles. The van der Waals surface area contributed by atoms with Crippen molar-refractivity contribution in [3.63, 3.8) is 0 Å². The van der Waals surface area contributed by atoms with E-state index in [1.165, 1.54) is 5.56 Å². The van der Waals surface area contributed by atoms with Crippen LogP contribution in [0.5, 0.6) is 5.75 Å². The Morgan fingerprint density at radius 3 is 2.52 bits per heavy atom. The highest BCUT2D eigenvalue weighted by Gasteiger charge is 2.11. The molecule has 1 aromatic heterocycles. The number of rotatable bonds is 7. The molecule has 2 rings (SSSR count). The van der Waals surface area contributed by atoms with Crippen LogP contribution in [-0.4, -0.2) is 30.1 Å². The number of anilines is 1. The maximum absolute atomic E-state index is 5.55. The minimum Gasteiger partial charge on any atom is -0.491 e. The monoisotopic (exact) mass is 289 g/mol. The van der Waals surface area contributed by atoms with E-state index in [0.29, 0.717) is 13.2 Å². The van der Waals surface area contributed by atoms with Crippen LogP contribution in [0.15, 0.2) is 30.5 Å². The molecule has 0 amide bonds. The van der Waals surface area contributed by atoms with Crippen LogP contribution in [0.1, 0.15) is 24.2 Å². The van der Waals surface area contributed by atoms with E-state index in [1.807, 2.05) is 42.9 Å². The predicted molar refractivity (Wildman–Crippen MR) is 83.8 cm³/mol. The molecular formula is C16H23N3O2. The van der Waals surface area contributed by atoms with Crippen LogP contribution < -0.4 is 10.1 Å². The van der Waals surface area contributed by atoms with Gasteiger partial charge in [0.1, 0.15) is 12.4 Å². The molecule has 0 radical (unpaired) electrons. The molecule has 1 N–H and O–H groups in total. The Morgan fingerprint density at radius 1 is 1.24 bits per heavy atom. The second-order valence-electron chi connectivity index (χ2n) is 5.08. The molecule has 0 bridgehead atoms. The zero-order valence-corrected chi connectivity index (χ0v) is 13.1. The Balaban J connectivity index is 1.95. The van der Waals surface area contributed by atoms with Crippen LogP contribution in [0.2, 0.25) is 0 Å². The van der Waals surface area contributed by atoms with Crippen molar-refractivity contribution >= 4 is 5.69 Å². The lowest BCUT2D eigenvalue weighted by atomic mass is 10.1. The molecule has 1 unspecified atom stereocenters. The van der Waals surface area contributed by atoms with Gasteiger partial charge in [-0.3, -0.25) is 4.68 Å². The molecule has 5 heteroatoms. The van der Waals surface area contributed by atoms with Crippen molar-refractivity contribution in [2.75, 3.05) is 25.6 Å². The van der Waals surface area contributed by atoms with E-state index >= 15 is 0 Å². The summed E-state index contributed by atoms with van der Waals surface area (Å²) in [6.07, 6.45) is 2.05. The first kappa shape index (κ1) is 15.4. The summed E-state index contributed by atoms with van der Waals surface area (Å²) in [4.78, 5) is 0. The van der Waals surface area contributed by atoms with Crippen LogP contribution in [-0.2, 0) is 11.8 Å². The number of nitrogens with one attached hydrogen (secondary N) is 1. The van der Waals surface area contributed by atoms with E-state index < -0.39 is 0 Å². The number of aryl methyl sites for hydroxylation is 2. The summed E-state index contributed by atoms with van der Waals surface area (Å²) in [6.45, 7) is 5.32. The van der Waals surface area contributed by atoms with Crippen molar-refractivity contribution in [3.8, 4) is 5.75 Å². The molecule has 0 aliphatic heterocycles. The molecule has 114 valence electrons. The van der Waals surface area contributed by atoms with Crippen LogP contribution in [0.4, 0.5) is 5.69 Å². The summed E-state index contributed by atoms with van der Waals surface area (Å²) in [6, 6.07) is 8.16. The normalized spacial score (nSPS) is 12.2. The molecule has 0 saturated carbocycles. The topological polar surface area (TPSA) is 48.3 Å². The molecule has 2 aromatic rings. The lowest BCUT2D eigenvalue weighted by Crippen LogP contribution is -2.07. The zero-order chi connectivity index (χ0) is 15.2. The number of aromatic nitrogens is 2. The number of hydrogen-bond donors (Lipinski definition) is 1. The van der Waals surface area contributed by atoms with E-state index in [2.05, 4.69) is 23.5 Å². The van der Waals surface area contributed by atoms with Crippen molar-refractivity contribution in [2.45, 2.75) is 19.9 Å². The fraction of sp³-hybridized carbons (Fsp3) is 0.438. The lowest BCUT2D eigenvalue weighted by Gasteiger charge is -2.15. The highest BCUT2D eigenvalue weighted by atomic mass is 16.5. The van der Waals surface area contributed by atoms with Gasteiger partial charge in [-0.25, -0.2) is 0 Å². The smallest absolute Gasteiger partial charge is 0.119 e. The Morgan fingerprint density at radius 2 is 1.95 bits per heavy atom.